The Kier molecular flexibility index (Phi) is 3.86. The number of anilines is 2. The highest BCUT2D eigenvalue weighted by Gasteiger charge is 2.41. The van der Waals surface area contributed by atoms with E-state index in [1.165, 1.54) is 6.33 Å². The molecule has 0 amide bonds. The van der Waals surface area contributed by atoms with Crippen molar-refractivity contribution in [1.82, 2.24) is 9.97 Å². The summed E-state index contributed by atoms with van der Waals surface area (Å²) in [4.78, 5) is 8.33. The summed E-state index contributed by atoms with van der Waals surface area (Å²) in [6, 6.07) is 0. The number of nitrogens with one attached hydrogen (secondary N) is 2. The van der Waals surface area contributed by atoms with Crippen LogP contribution in [0.2, 0.25) is 0 Å². The average Bonchev–Trinajstić information content (AvgIpc) is 3.17. The van der Waals surface area contributed by atoms with Crippen molar-refractivity contribution >= 4 is 11.6 Å². The highest BCUT2D eigenvalue weighted by atomic mass is 16.5. The number of rotatable bonds is 7. The summed E-state index contributed by atoms with van der Waals surface area (Å²) in [7, 11) is 1.60. The standard InChI is InChI=1S/C12H20N4O2/c1-3-13-10-9(18-2)11(16-8-15-10)14-6-12(7-17)4-5-12/h8,17H,3-7H2,1-2H3,(H2,13,14,15,16). The van der Waals surface area contributed by atoms with Gasteiger partial charge in [-0.25, -0.2) is 9.97 Å². The monoisotopic (exact) mass is 252 g/mol. The van der Waals surface area contributed by atoms with Gasteiger partial charge in [0.25, 0.3) is 0 Å². The van der Waals surface area contributed by atoms with Crippen LogP contribution in [-0.4, -0.2) is 41.9 Å². The Morgan fingerprint density at radius 1 is 1.33 bits per heavy atom. The van der Waals surface area contributed by atoms with E-state index < -0.39 is 0 Å². The lowest BCUT2D eigenvalue weighted by Crippen LogP contribution is -2.20. The van der Waals surface area contributed by atoms with Gasteiger partial charge >= 0.3 is 0 Å². The van der Waals surface area contributed by atoms with Crippen molar-refractivity contribution in [2.45, 2.75) is 19.8 Å². The molecular weight excluding hydrogens is 232 g/mol. The van der Waals surface area contributed by atoms with Crippen LogP contribution in [0.4, 0.5) is 11.6 Å². The third-order valence-electron chi connectivity index (χ3n) is 3.28. The van der Waals surface area contributed by atoms with E-state index in [9.17, 15) is 5.11 Å². The summed E-state index contributed by atoms with van der Waals surface area (Å²) in [6.45, 7) is 3.70. The highest BCUT2D eigenvalue weighted by molar-refractivity contribution is 5.63. The molecule has 3 N–H and O–H groups in total. The van der Waals surface area contributed by atoms with Crippen LogP contribution in [0.25, 0.3) is 0 Å². The molecule has 1 heterocycles. The van der Waals surface area contributed by atoms with Crippen LogP contribution in [0.1, 0.15) is 19.8 Å². The first-order chi connectivity index (χ1) is 8.74. The molecule has 1 aromatic heterocycles. The van der Waals surface area contributed by atoms with Crippen LogP contribution in [0.3, 0.4) is 0 Å². The summed E-state index contributed by atoms with van der Waals surface area (Å²) < 4.78 is 5.34. The maximum Gasteiger partial charge on any atom is 0.204 e. The minimum absolute atomic E-state index is 0.0360. The zero-order valence-corrected chi connectivity index (χ0v) is 10.9. The molecule has 0 unspecified atom stereocenters. The van der Waals surface area contributed by atoms with Crippen molar-refractivity contribution in [2.24, 2.45) is 5.41 Å². The molecule has 0 atom stereocenters. The predicted octanol–water partition coefficient (Wildman–Crippen LogP) is 1.10. The van der Waals surface area contributed by atoms with Gasteiger partial charge in [0.05, 0.1) is 13.7 Å². The summed E-state index contributed by atoms with van der Waals surface area (Å²) in [5, 5.41) is 15.7. The molecule has 0 aliphatic heterocycles. The van der Waals surface area contributed by atoms with Crippen molar-refractivity contribution in [3.63, 3.8) is 0 Å². The summed E-state index contributed by atoms with van der Waals surface area (Å²) in [5.41, 5.74) is 0.0360. The molecule has 0 radical (unpaired) electrons. The molecule has 1 aromatic rings. The van der Waals surface area contributed by atoms with Crippen molar-refractivity contribution in [3.05, 3.63) is 6.33 Å². The van der Waals surface area contributed by atoms with E-state index in [1.54, 1.807) is 7.11 Å². The summed E-state index contributed by atoms with van der Waals surface area (Å²) in [6.07, 6.45) is 3.62. The lowest BCUT2D eigenvalue weighted by Gasteiger charge is -2.16. The van der Waals surface area contributed by atoms with Gasteiger partial charge in [-0.2, -0.15) is 0 Å². The van der Waals surface area contributed by atoms with Crippen molar-refractivity contribution in [1.29, 1.82) is 0 Å². The van der Waals surface area contributed by atoms with E-state index in [2.05, 4.69) is 20.6 Å². The highest BCUT2D eigenvalue weighted by Crippen LogP contribution is 2.45. The van der Waals surface area contributed by atoms with Crippen LogP contribution in [0.15, 0.2) is 6.33 Å². The number of aliphatic hydroxyl groups excluding tert-OH is 1. The second-order valence-corrected chi connectivity index (χ2v) is 4.65. The topological polar surface area (TPSA) is 79.3 Å². The molecular formula is C12H20N4O2. The maximum atomic E-state index is 9.28. The fourth-order valence-electron chi connectivity index (χ4n) is 1.83. The Morgan fingerprint density at radius 2 is 2.00 bits per heavy atom. The third kappa shape index (κ3) is 2.64. The maximum absolute atomic E-state index is 9.28. The van der Waals surface area contributed by atoms with Crippen molar-refractivity contribution in [3.8, 4) is 5.75 Å². The lowest BCUT2D eigenvalue weighted by molar-refractivity contribution is 0.219. The molecule has 2 rings (SSSR count). The van der Waals surface area contributed by atoms with Gasteiger partial charge < -0.3 is 20.5 Å². The molecule has 1 fully saturated rings. The summed E-state index contributed by atoms with van der Waals surface area (Å²) >= 11 is 0. The van der Waals surface area contributed by atoms with Gasteiger partial charge in [-0.15, -0.1) is 0 Å². The number of aliphatic hydroxyl groups is 1. The Labute approximate surface area is 107 Å². The smallest absolute Gasteiger partial charge is 0.204 e. The largest absolute Gasteiger partial charge is 0.490 e. The number of methoxy groups -OCH3 is 1. The Morgan fingerprint density at radius 3 is 2.50 bits per heavy atom. The number of hydrogen-bond donors (Lipinski definition) is 3. The molecule has 100 valence electrons. The van der Waals surface area contributed by atoms with E-state index in [-0.39, 0.29) is 12.0 Å². The van der Waals surface area contributed by atoms with Gasteiger partial charge in [-0.1, -0.05) is 0 Å². The van der Waals surface area contributed by atoms with Gasteiger partial charge in [0, 0.05) is 18.5 Å². The van der Waals surface area contributed by atoms with Gasteiger partial charge in [-0.05, 0) is 19.8 Å². The molecule has 6 heteroatoms. The molecule has 1 aliphatic carbocycles. The van der Waals surface area contributed by atoms with Crippen LogP contribution in [-0.2, 0) is 0 Å². The van der Waals surface area contributed by atoms with Crippen molar-refractivity contribution < 1.29 is 9.84 Å². The van der Waals surface area contributed by atoms with E-state index in [1.807, 2.05) is 6.92 Å². The molecule has 0 aromatic carbocycles. The zero-order chi connectivity index (χ0) is 13.0. The second kappa shape index (κ2) is 5.39. The normalized spacial score (nSPS) is 16.2. The molecule has 1 saturated carbocycles. The second-order valence-electron chi connectivity index (χ2n) is 4.65. The number of aromatic nitrogens is 2. The Hall–Kier alpha value is -1.56. The molecule has 6 nitrogen and oxygen atoms in total. The molecule has 0 spiro atoms. The van der Waals surface area contributed by atoms with Gasteiger partial charge in [0.1, 0.15) is 6.33 Å². The lowest BCUT2D eigenvalue weighted by atomic mass is 10.1. The average molecular weight is 252 g/mol. The van der Waals surface area contributed by atoms with Crippen molar-refractivity contribution in [2.75, 3.05) is 37.4 Å². The van der Waals surface area contributed by atoms with E-state index in [0.717, 1.165) is 19.4 Å². The van der Waals surface area contributed by atoms with Crippen LogP contribution >= 0.6 is 0 Å². The van der Waals surface area contributed by atoms with E-state index in [0.29, 0.717) is 23.9 Å². The quantitative estimate of drug-likeness (QED) is 0.674. The first-order valence-corrected chi connectivity index (χ1v) is 6.22. The van der Waals surface area contributed by atoms with Gasteiger partial charge in [0.15, 0.2) is 11.6 Å². The third-order valence-corrected chi connectivity index (χ3v) is 3.28. The molecule has 1 aliphatic rings. The molecule has 0 bridgehead atoms. The zero-order valence-electron chi connectivity index (χ0n) is 10.9. The van der Waals surface area contributed by atoms with Crippen LogP contribution in [0.5, 0.6) is 5.75 Å². The first kappa shape index (κ1) is 12.9. The van der Waals surface area contributed by atoms with E-state index in [4.69, 9.17) is 4.74 Å². The Bertz CT molecular complexity index is 407. The van der Waals surface area contributed by atoms with Crippen LogP contribution in [0, 0.1) is 5.41 Å². The SMILES string of the molecule is CCNc1ncnc(NCC2(CO)CC2)c1OC. The van der Waals surface area contributed by atoms with Gasteiger partial charge in [-0.3, -0.25) is 0 Å². The minimum atomic E-state index is 0.0360. The number of nitrogens with zero attached hydrogens (tertiary/aromatic N) is 2. The minimum Gasteiger partial charge on any atom is -0.490 e. The first-order valence-electron chi connectivity index (χ1n) is 6.22. The van der Waals surface area contributed by atoms with Gasteiger partial charge in [0.2, 0.25) is 5.75 Å². The predicted molar refractivity (Wildman–Crippen MR) is 70.0 cm³/mol. The molecule has 0 saturated heterocycles. The molecule has 18 heavy (non-hydrogen) atoms. The Balaban J connectivity index is 2.09. The fraction of sp³-hybridized carbons (Fsp3) is 0.667. The summed E-state index contributed by atoms with van der Waals surface area (Å²) in [5.74, 6) is 1.97. The van der Waals surface area contributed by atoms with Crippen LogP contribution < -0.4 is 15.4 Å². The number of hydrogen-bond acceptors (Lipinski definition) is 6. The van der Waals surface area contributed by atoms with E-state index >= 15 is 0 Å². The fourth-order valence-corrected chi connectivity index (χ4v) is 1.83. The number of ether oxygens (including phenoxy) is 1.